The number of aryl methyl sites for hydroxylation is 1. The van der Waals surface area contributed by atoms with Crippen molar-refractivity contribution in [1.29, 1.82) is 0 Å². The van der Waals surface area contributed by atoms with Crippen LogP contribution in [0.4, 0.5) is 24.8 Å². The molecule has 4 aromatic rings. The number of hydrogen-bond acceptors (Lipinski definition) is 7. The lowest BCUT2D eigenvalue weighted by Gasteiger charge is -2.15. The average molecular weight is 509 g/mol. The highest BCUT2D eigenvalue weighted by Gasteiger charge is 2.32. The average Bonchev–Trinajstić information content (AvgIpc) is 2.89. The van der Waals surface area contributed by atoms with Crippen molar-refractivity contribution in [2.45, 2.75) is 25.9 Å². The number of nitrogens with zero attached hydrogens (tertiary/aromatic N) is 4. The molecular weight excluding hydrogens is 485 g/mol. The van der Waals surface area contributed by atoms with Gasteiger partial charge in [-0.3, -0.25) is 4.79 Å². The number of halogens is 3. The highest BCUT2D eigenvalue weighted by Crippen LogP contribution is 2.37. The van der Waals surface area contributed by atoms with E-state index in [0.29, 0.717) is 17.1 Å². The zero-order valence-electron chi connectivity index (χ0n) is 20.0. The number of hydrogen-bond donors (Lipinski definition) is 2. The molecule has 0 unspecified atom stereocenters. The predicted molar refractivity (Wildman–Crippen MR) is 133 cm³/mol. The molecule has 2 heterocycles. The van der Waals surface area contributed by atoms with Crippen molar-refractivity contribution in [1.82, 2.24) is 19.9 Å². The Morgan fingerprint density at radius 3 is 2.62 bits per heavy atom. The van der Waals surface area contributed by atoms with Crippen LogP contribution in [0.3, 0.4) is 0 Å². The first-order valence-corrected chi connectivity index (χ1v) is 11.4. The molecule has 0 saturated carbocycles. The maximum atomic E-state index is 13.7. The highest BCUT2D eigenvalue weighted by atomic mass is 19.4. The number of anilines is 2. The standard InChI is InChI=1S/C26H23F3N6O2/c1-3-6-16-7-4-8-17(11-16)23(36)34-19-12-18(26(27,28)29)13-20(14-19)37-24-21(9-5-10-31-24)22-32-15-33-25(30-2)35-22/h4-5,7-15H,3,6H2,1-2H3,(H,34,36)(H,30,32,33,35). The summed E-state index contributed by atoms with van der Waals surface area (Å²) in [6, 6.07) is 13.2. The number of ether oxygens (including phenoxy) is 1. The summed E-state index contributed by atoms with van der Waals surface area (Å²) in [6.07, 6.45) is -0.276. The third kappa shape index (κ3) is 6.37. The first-order valence-electron chi connectivity index (χ1n) is 11.4. The summed E-state index contributed by atoms with van der Waals surface area (Å²) in [6.45, 7) is 2.02. The molecule has 0 bridgehead atoms. The Kier molecular flexibility index (Phi) is 7.61. The third-order valence-corrected chi connectivity index (χ3v) is 5.24. The second kappa shape index (κ2) is 11.0. The van der Waals surface area contributed by atoms with Crippen LogP contribution in [0.5, 0.6) is 11.6 Å². The van der Waals surface area contributed by atoms with E-state index in [2.05, 4.69) is 30.6 Å². The summed E-state index contributed by atoms with van der Waals surface area (Å²) in [5.41, 5.74) is 0.580. The Balaban J connectivity index is 1.67. The summed E-state index contributed by atoms with van der Waals surface area (Å²) < 4.78 is 46.9. The van der Waals surface area contributed by atoms with E-state index in [4.69, 9.17) is 4.74 Å². The van der Waals surface area contributed by atoms with Crippen LogP contribution in [-0.4, -0.2) is 32.9 Å². The molecule has 0 radical (unpaired) electrons. The van der Waals surface area contributed by atoms with E-state index in [9.17, 15) is 18.0 Å². The summed E-state index contributed by atoms with van der Waals surface area (Å²) in [5, 5.41) is 5.34. The smallest absolute Gasteiger partial charge is 0.416 e. The molecule has 4 rings (SSSR count). The van der Waals surface area contributed by atoms with E-state index in [1.807, 2.05) is 13.0 Å². The minimum absolute atomic E-state index is 0.0142. The first kappa shape index (κ1) is 25.5. The maximum Gasteiger partial charge on any atom is 0.416 e. The minimum Gasteiger partial charge on any atom is -0.438 e. The number of nitrogens with one attached hydrogen (secondary N) is 2. The van der Waals surface area contributed by atoms with E-state index in [0.717, 1.165) is 30.5 Å². The summed E-state index contributed by atoms with van der Waals surface area (Å²) >= 11 is 0. The van der Waals surface area contributed by atoms with Crippen LogP contribution in [0.1, 0.15) is 34.8 Å². The number of pyridine rings is 1. The fourth-order valence-electron chi connectivity index (χ4n) is 3.55. The summed E-state index contributed by atoms with van der Waals surface area (Å²) in [4.78, 5) is 29.3. The van der Waals surface area contributed by atoms with Crippen LogP contribution >= 0.6 is 0 Å². The zero-order chi connectivity index (χ0) is 26.4. The molecule has 1 amide bonds. The highest BCUT2D eigenvalue weighted by molar-refractivity contribution is 6.04. The number of amides is 1. The maximum absolute atomic E-state index is 13.7. The molecule has 2 aromatic heterocycles. The van der Waals surface area contributed by atoms with E-state index in [1.54, 1.807) is 37.4 Å². The molecule has 0 aliphatic heterocycles. The molecule has 8 nitrogen and oxygen atoms in total. The lowest BCUT2D eigenvalue weighted by Crippen LogP contribution is -2.14. The van der Waals surface area contributed by atoms with Crippen molar-refractivity contribution in [2.75, 3.05) is 17.7 Å². The fourth-order valence-corrected chi connectivity index (χ4v) is 3.55. The molecule has 0 aliphatic rings. The van der Waals surface area contributed by atoms with Crippen LogP contribution in [0.25, 0.3) is 11.4 Å². The molecular formula is C26H23F3N6O2. The quantitative estimate of drug-likeness (QED) is 0.301. The largest absolute Gasteiger partial charge is 0.438 e. The monoisotopic (exact) mass is 508 g/mol. The number of carbonyl (C=O) groups excluding carboxylic acids is 1. The molecule has 11 heteroatoms. The van der Waals surface area contributed by atoms with Gasteiger partial charge >= 0.3 is 6.18 Å². The van der Waals surface area contributed by atoms with Crippen LogP contribution in [0.15, 0.2) is 67.1 Å². The number of aromatic nitrogens is 4. The Morgan fingerprint density at radius 1 is 1.03 bits per heavy atom. The van der Waals surface area contributed by atoms with Gasteiger partial charge in [0.05, 0.1) is 11.1 Å². The second-order valence-corrected chi connectivity index (χ2v) is 7.99. The van der Waals surface area contributed by atoms with Crippen LogP contribution in [0.2, 0.25) is 0 Å². The second-order valence-electron chi connectivity index (χ2n) is 7.99. The van der Waals surface area contributed by atoms with E-state index >= 15 is 0 Å². The Bertz CT molecular complexity index is 1410. The van der Waals surface area contributed by atoms with Crippen molar-refractivity contribution >= 4 is 17.5 Å². The van der Waals surface area contributed by atoms with Gasteiger partial charge in [-0.1, -0.05) is 25.5 Å². The van der Waals surface area contributed by atoms with E-state index < -0.39 is 17.6 Å². The van der Waals surface area contributed by atoms with Gasteiger partial charge in [-0.05, 0) is 48.4 Å². The molecule has 0 spiro atoms. The molecule has 0 saturated heterocycles. The van der Waals surface area contributed by atoms with Gasteiger partial charge in [-0.15, -0.1) is 0 Å². The van der Waals surface area contributed by atoms with Crippen LogP contribution in [0, 0.1) is 0 Å². The van der Waals surface area contributed by atoms with Gasteiger partial charge in [-0.25, -0.2) is 15.0 Å². The van der Waals surface area contributed by atoms with Gasteiger partial charge in [0.15, 0.2) is 5.82 Å². The molecule has 37 heavy (non-hydrogen) atoms. The van der Waals surface area contributed by atoms with Gasteiger partial charge < -0.3 is 15.4 Å². The summed E-state index contributed by atoms with van der Waals surface area (Å²) in [5.74, 6) is -0.208. The number of rotatable bonds is 8. The lowest BCUT2D eigenvalue weighted by atomic mass is 10.1. The molecule has 0 aliphatic carbocycles. The number of alkyl halides is 3. The first-order chi connectivity index (χ1) is 17.8. The Morgan fingerprint density at radius 2 is 1.86 bits per heavy atom. The van der Waals surface area contributed by atoms with Crippen LogP contribution in [-0.2, 0) is 12.6 Å². The molecule has 2 aromatic carbocycles. The topological polar surface area (TPSA) is 102 Å². The molecule has 0 fully saturated rings. The third-order valence-electron chi connectivity index (χ3n) is 5.24. The minimum atomic E-state index is -4.68. The lowest BCUT2D eigenvalue weighted by molar-refractivity contribution is -0.137. The predicted octanol–water partition coefficient (Wildman–Crippen LogP) is 5.99. The van der Waals surface area contributed by atoms with Crippen LogP contribution < -0.4 is 15.4 Å². The van der Waals surface area contributed by atoms with Crippen molar-refractivity contribution in [3.05, 3.63) is 83.8 Å². The van der Waals surface area contributed by atoms with E-state index in [-0.39, 0.29) is 23.1 Å². The van der Waals surface area contributed by atoms with Gasteiger partial charge in [0, 0.05) is 30.6 Å². The molecule has 2 N–H and O–H groups in total. The molecule has 0 atom stereocenters. The SMILES string of the molecule is CCCc1cccc(C(=O)Nc2cc(Oc3ncccc3-c3ncnc(NC)n3)cc(C(F)(F)F)c2)c1. The van der Waals surface area contributed by atoms with Gasteiger partial charge in [0.25, 0.3) is 5.91 Å². The van der Waals surface area contributed by atoms with Crippen molar-refractivity contribution < 1.29 is 22.7 Å². The fraction of sp³-hybridized carbons (Fsp3) is 0.192. The van der Waals surface area contributed by atoms with Gasteiger partial charge in [-0.2, -0.15) is 18.2 Å². The van der Waals surface area contributed by atoms with E-state index in [1.165, 1.54) is 18.6 Å². The number of carbonyl (C=O) groups is 1. The molecule has 190 valence electrons. The number of benzene rings is 2. The zero-order valence-corrected chi connectivity index (χ0v) is 20.0. The van der Waals surface area contributed by atoms with Crippen molar-refractivity contribution in [2.24, 2.45) is 0 Å². The van der Waals surface area contributed by atoms with Crippen molar-refractivity contribution in [3.63, 3.8) is 0 Å². The van der Waals surface area contributed by atoms with Crippen molar-refractivity contribution in [3.8, 4) is 23.0 Å². The Labute approximate surface area is 211 Å². The Hall–Kier alpha value is -4.54. The normalized spacial score (nSPS) is 11.2. The van der Waals surface area contributed by atoms with Gasteiger partial charge in [0.1, 0.15) is 12.1 Å². The summed E-state index contributed by atoms with van der Waals surface area (Å²) in [7, 11) is 1.64. The van der Waals surface area contributed by atoms with Gasteiger partial charge in [0.2, 0.25) is 11.8 Å².